The van der Waals surface area contributed by atoms with Crippen LogP contribution in [0.4, 0.5) is 24.7 Å². The number of aromatic nitrogens is 3. The van der Waals surface area contributed by atoms with Crippen LogP contribution in [0.15, 0.2) is 53.1 Å². The van der Waals surface area contributed by atoms with Crippen molar-refractivity contribution in [3.63, 3.8) is 0 Å². The maximum absolute atomic E-state index is 13.2. The Hall–Kier alpha value is -4.28. The van der Waals surface area contributed by atoms with Crippen LogP contribution in [-0.2, 0) is 6.18 Å². The summed E-state index contributed by atoms with van der Waals surface area (Å²) in [6.45, 7) is 3.44. The standard InChI is InChI=1S/C23H19F3N4O4/c1-12-6-4-5-7-17(12)30-20(27-16-9-8-14(33-3)10-15(16)22(31)32)19(13(2)29-30)21-28-18(11-34-21)23(24,25)26/h4-11,27H,1-3H3,(H,31,32). The summed E-state index contributed by atoms with van der Waals surface area (Å²) in [4.78, 5) is 15.5. The smallest absolute Gasteiger partial charge is 0.436 e. The molecule has 0 saturated heterocycles. The van der Waals surface area contributed by atoms with Crippen LogP contribution in [-0.4, -0.2) is 33.0 Å². The van der Waals surface area contributed by atoms with Crippen molar-refractivity contribution in [3.8, 4) is 22.9 Å². The molecule has 4 rings (SSSR count). The Balaban J connectivity index is 1.94. The van der Waals surface area contributed by atoms with Gasteiger partial charge in [0.2, 0.25) is 5.89 Å². The fourth-order valence-electron chi connectivity index (χ4n) is 3.46. The van der Waals surface area contributed by atoms with Gasteiger partial charge in [-0.1, -0.05) is 18.2 Å². The number of benzene rings is 2. The first-order chi connectivity index (χ1) is 16.1. The zero-order valence-electron chi connectivity index (χ0n) is 18.3. The molecule has 0 aliphatic carbocycles. The molecule has 2 aromatic carbocycles. The monoisotopic (exact) mass is 472 g/mol. The highest BCUT2D eigenvalue weighted by atomic mass is 19.4. The van der Waals surface area contributed by atoms with Crippen molar-refractivity contribution >= 4 is 17.5 Å². The molecule has 4 aromatic rings. The van der Waals surface area contributed by atoms with Gasteiger partial charge in [0.05, 0.1) is 29.7 Å². The molecule has 0 amide bonds. The van der Waals surface area contributed by atoms with Gasteiger partial charge in [0.15, 0.2) is 5.69 Å². The molecule has 0 unspecified atom stereocenters. The van der Waals surface area contributed by atoms with Crippen LogP contribution in [0, 0.1) is 13.8 Å². The highest BCUT2D eigenvalue weighted by Gasteiger charge is 2.36. The van der Waals surface area contributed by atoms with E-state index in [1.807, 2.05) is 19.1 Å². The molecule has 0 saturated carbocycles. The molecule has 0 aliphatic heterocycles. The summed E-state index contributed by atoms with van der Waals surface area (Å²) in [5.74, 6) is -1.01. The predicted octanol–water partition coefficient (Wildman–Crippen LogP) is 5.61. The zero-order chi connectivity index (χ0) is 24.6. The summed E-state index contributed by atoms with van der Waals surface area (Å²) in [6, 6.07) is 11.6. The lowest BCUT2D eigenvalue weighted by Crippen LogP contribution is -2.08. The minimum absolute atomic E-state index is 0.108. The Labute approximate surface area is 191 Å². The van der Waals surface area contributed by atoms with E-state index in [1.165, 1.54) is 23.9 Å². The highest BCUT2D eigenvalue weighted by molar-refractivity contribution is 5.96. The van der Waals surface area contributed by atoms with E-state index in [9.17, 15) is 23.1 Å². The number of aromatic carboxylic acids is 1. The van der Waals surface area contributed by atoms with Crippen LogP contribution in [0.5, 0.6) is 5.75 Å². The fourth-order valence-corrected chi connectivity index (χ4v) is 3.46. The lowest BCUT2D eigenvalue weighted by molar-refractivity contribution is -0.141. The van der Waals surface area contributed by atoms with E-state index in [1.54, 1.807) is 25.1 Å². The second-order valence-electron chi connectivity index (χ2n) is 7.38. The van der Waals surface area contributed by atoms with E-state index in [0.29, 0.717) is 23.4 Å². The van der Waals surface area contributed by atoms with Gasteiger partial charge in [-0.05, 0) is 43.7 Å². The van der Waals surface area contributed by atoms with Gasteiger partial charge < -0.3 is 19.6 Å². The number of alkyl halides is 3. The van der Waals surface area contributed by atoms with Gasteiger partial charge in [-0.2, -0.15) is 18.3 Å². The van der Waals surface area contributed by atoms with Crippen molar-refractivity contribution in [2.45, 2.75) is 20.0 Å². The van der Waals surface area contributed by atoms with Gasteiger partial charge in [0.25, 0.3) is 0 Å². The lowest BCUT2D eigenvalue weighted by atomic mass is 10.1. The van der Waals surface area contributed by atoms with Gasteiger partial charge in [-0.3, -0.25) is 0 Å². The third-order valence-corrected chi connectivity index (χ3v) is 5.12. The van der Waals surface area contributed by atoms with E-state index in [4.69, 9.17) is 9.15 Å². The van der Waals surface area contributed by atoms with Crippen molar-refractivity contribution in [2.24, 2.45) is 0 Å². The lowest BCUT2D eigenvalue weighted by Gasteiger charge is -2.15. The molecule has 0 radical (unpaired) electrons. The highest BCUT2D eigenvalue weighted by Crippen LogP contribution is 2.38. The topological polar surface area (TPSA) is 102 Å². The predicted molar refractivity (Wildman–Crippen MR) is 117 cm³/mol. The normalized spacial score (nSPS) is 11.5. The van der Waals surface area contributed by atoms with Crippen LogP contribution in [0.2, 0.25) is 0 Å². The quantitative estimate of drug-likeness (QED) is 0.376. The van der Waals surface area contributed by atoms with Gasteiger partial charge in [-0.15, -0.1) is 0 Å². The van der Waals surface area contributed by atoms with Crippen LogP contribution < -0.4 is 10.1 Å². The molecule has 34 heavy (non-hydrogen) atoms. The maximum atomic E-state index is 13.2. The molecule has 2 heterocycles. The number of ether oxygens (including phenoxy) is 1. The third-order valence-electron chi connectivity index (χ3n) is 5.12. The third kappa shape index (κ3) is 4.19. The number of aryl methyl sites for hydroxylation is 2. The number of hydrogen-bond acceptors (Lipinski definition) is 6. The molecular weight excluding hydrogens is 453 g/mol. The van der Waals surface area contributed by atoms with Crippen LogP contribution in [0.25, 0.3) is 17.1 Å². The first-order valence-corrected chi connectivity index (χ1v) is 9.97. The van der Waals surface area contributed by atoms with E-state index >= 15 is 0 Å². The molecule has 0 aliphatic rings. The largest absolute Gasteiger partial charge is 0.497 e. The van der Waals surface area contributed by atoms with Crippen molar-refractivity contribution in [1.82, 2.24) is 14.8 Å². The van der Waals surface area contributed by atoms with E-state index in [-0.39, 0.29) is 28.5 Å². The van der Waals surface area contributed by atoms with Gasteiger partial charge >= 0.3 is 12.1 Å². The number of carboxylic acid groups (broad SMARTS) is 1. The molecule has 176 valence electrons. The Bertz CT molecular complexity index is 1380. The summed E-state index contributed by atoms with van der Waals surface area (Å²) in [5, 5.41) is 17.2. The van der Waals surface area contributed by atoms with Gasteiger partial charge in [0, 0.05) is 0 Å². The van der Waals surface area contributed by atoms with E-state index in [2.05, 4.69) is 15.4 Å². The second-order valence-corrected chi connectivity index (χ2v) is 7.38. The molecule has 2 aromatic heterocycles. The fraction of sp³-hybridized carbons (Fsp3) is 0.174. The molecular formula is C23H19F3N4O4. The number of halogens is 3. The Morgan fingerprint density at radius 1 is 1.18 bits per heavy atom. The molecule has 0 spiro atoms. The van der Waals surface area contributed by atoms with Crippen LogP contribution in [0.1, 0.15) is 27.3 Å². The second kappa shape index (κ2) is 8.58. The van der Waals surface area contributed by atoms with Crippen molar-refractivity contribution in [2.75, 3.05) is 12.4 Å². The molecule has 8 nitrogen and oxygen atoms in total. The number of hydrogen-bond donors (Lipinski definition) is 2. The number of methoxy groups -OCH3 is 1. The Morgan fingerprint density at radius 2 is 1.91 bits per heavy atom. The molecule has 0 atom stereocenters. The number of anilines is 2. The molecule has 0 fully saturated rings. The number of nitrogens with one attached hydrogen (secondary N) is 1. The molecule has 11 heteroatoms. The average Bonchev–Trinajstić information content (AvgIpc) is 3.39. The number of rotatable bonds is 6. The molecule has 0 bridgehead atoms. The minimum atomic E-state index is -4.69. The SMILES string of the molecule is COc1ccc(Nc2c(-c3nc(C(F)(F)F)co3)c(C)nn2-c2ccccc2C)c(C(=O)O)c1. The van der Waals surface area contributed by atoms with Crippen LogP contribution >= 0.6 is 0 Å². The first kappa shape index (κ1) is 22.9. The van der Waals surface area contributed by atoms with Crippen molar-refractivity contribution in [1.29, 1.82) is 0 Å². The average molecular weight is 472 g/mol. The Kier molecular flexibility index (Phi) is 5.78. The summed E-state index contributed by atoms with van der Waals surface area (Å²) < 4.78 is 51.3. The van der Waals surface area contributed by atoms with E-state index in [0.717, 1.165) is 5.56 Å². The zero-order valence-corrected chi connectivity index (χ0v) is 18.3. The van der Waals surface area contributed by atoms with Crippen LogP contribution in [0.3, 0.4) is 0 Å². The van der Waals surface area contributed by atoms with Gasteiger partial charge in [0.1, 0.15) is 23.4 Å². The Morgan fingerprint density at radius 3 is 2.53 bits per heavy atom. The van der Waals surface area contributed by atoms with Crippen molar-refractivity contribution in [3.05, 3.63) is 71.2 Å². The van der Waals surface area contributed by atoms with Crippen molar-refractivity contribution < 1.29 is 32.2 Å². The molecule has 2 N–H and O–H groups in total. The summed E-state index contributed by atoms with van der Waals surface area (Å²) in [5.41, 5.74) is 0.823. The maximum Gasteiger partial charge on any atom is 0.436 e. The minimum Gasteiger partial charge on any atom is -0.497 e. The van der Waals surface area contributed by atoms with E-state index < -0.39 is 17.8 Å². The number of para-hydroxylation sites is 1. The summed E-state index contributed by atoms with van der Waals surface area (Å²) in [7, 11) is 1.41. The summed E-state index contributed by atoms with van der Waals surface area (Å²) >= 11 is 0. The number of nitrogens with zero attached hydrogens (tertiary/aromatic N) is 3. The van der Waals surface area contributed by atoms with Gasteiger partial charge in [-0.25, -0.2) is 14.5 Å². The number of oxazole rings is 1. The number of carbonyl (C=O) groups is 1. The first-order valence-electron chi connectivity index (χ1n) is 9.97. The number of carboxylic acids is 1. The summed E-state index contributed by atoms with van der Waals surface area (Å²) in [6.07, 6.45) is -4.17.